The molecule has 4 rings (SSSR count). The van der Waals surface area contributed by atoms with E-state index in [-0.39, 0.29) is 18.0 Å². The van der Waals surface area contributed by atoms with Gasteiger partial charge >= 0.3 is 0 Å². The van der Waals surface area contributed by atoms with Gasteiger partial charge in [-0.25, -0.2) is 4.39 Å². The standard InChI is InChI=1S/C25H26FN3O/c1-17-6-10-19(11-7-17)14-21(16-30)29-24-22(26)4-3-5-23(24)28(25(29)27)15-20-12-8-18(2)9-13-20/h3-13,21,27,30H,14-16H2,1-2H3. The van der Waals surface area contributed by atoms with Crippen LogP contribution in [0, 0.1) is 25.1 Å². The summed E-state index contributed by atoms with van der Waals surface area (Å²) >= 11 is 0. The Bertz CT molecular complexity index is 1220. The van der Waals surface area contributed by atoms with Crippen LogP contribution in [0.15, 0.2) is 66.7 Å². The molecule has 2 N–H and O–H groups in total. The van der Waals surface area contributed by atoms with Gasteiger partial charge in [0.1, 0.15) is 11.3 Å². The van der Waals surface area contributed by atoms with Crippen LogP contribution in [0.5, 0.6) is 0 Å². The third kappa shape index (κ3) is 3.81. The van der Waals surface area contributed by atoms with Crippen LogP contribution in [-0.4, -0.2) is 20.8 Å². The van der Waals surface area contributed by atoms with E-state index in [0.717, 1.165) is 16.7 Å². The number of nitrogens with one attached hydrogen (secondary N) is 1. The van der Waals surface area contributed by atoms with Crippen LogP contribution in [0.1, 0.15) is 28.3 Å². The highest BCUT2D eigenvalue weighted by Crippen LogP contribution is 2.24. The molecule has 5 heteroatoms. The molecule has 0 saturated carbocycles. The number of imidazole rings is 1. The van der Waals surface area contributed by atoms with Crippen molar-refractivity contribution in [1.29, 1.82) is 5.41 Å². The van der Waals surface area contributed by atoms with Gasteiger partial charge in [-0.05, 0) is 43.5 Å². The number of aliphatic hydroxyl groups is 1. The lowest BCUT2D eigenvalue weighted by Crippen LogP contribution is -2.31. The lowest BCUT2D eigenvalue weighted by molar-refractivity contribution is 0.225. The molecule has 1 aromatic heterocycles. The smallest absolute Gasteiger partial charge is 0.203 e. The van der Waals surface area contributed by atoms with E-state index in [4.69, 9.17) is 5.41 Å². The Kier molecular flexibility index (Phi) is 5.55. The highest BCUT2D eigenvalue weighted by Gasteiger charge is 2.21. The number of aryl methyl sites for hydroxylation is 2. The van der Waals surface area contributed by atoms with Crippen LogP contribution in [0.3, 0.4) is 0 Å². The third-order valence-corrected chi connectivity index (χ3v) is 5.61. The van der Waals surface area contributed by atoms with E-state index in [2.05, 4.69) is 0 Å². The minimum absolute atomic E-state index is 0.178. The number of hydrogen-bond donors (Lipinski definition) is 2. The van der Waals surface area contributed by atoms with Gasteiger partial charge in [0, 0.05) is 0 Å². The highest BCUT2D eigenvalue weighted by molar-refractivity contribution is 5.77. The molecule has 1 atom stereocenters. The molecule has 30 heavy (non-hydrogen) atoms. The fourth-order valence-electron chi connectivity index (χ4n) is 3.94. The normalized spacial score (nSPS) is 12.4. The summed E-state index contributed by atoms with van der Waals surface area (Å²) in [7, 11) is 0. The molecule has 0 spiro atoms. The van der Waals surface area contributed by atoms with E-state index in [9.17, 15) is 9.50 Å². The van der Waals surface area contributed by atoms with E-state index >= 15 is 0 Å². The van der Waals surface area contributed by atoms with Gasteiger partial charge in [-0.2, -0.15) is 0 Å². The Balaban J connectivity index is 1.82. The molecule has 0 aliphatic carbocycles. The summed E-state index contributed by atoms with van der Waals surface area (Å²) in [5, 5.41) is 19.0. The number of nitrogens with zero attached hydrogens (tertiary/aromatic N) is 2. The van der Waals surface area contributed by atoms with E-state index in [1.807, 2.05) is 68.4 Å². The molecule has 0 amide bonds. The molecule has 0 saturated heterocycles. The highest BCUT2D eigenvalue weighted by atomic mass is 19.1. The molecule has 1 heterocycles. The summed E-state index contributed by atoms with van der Waals surface area (Å²) < 4.78 is 18.4. The lowest BCUT2D eigenvalue weighted by atomic mass is 10.0. The van der Waals surface area contributed by atoms with Crippen molar-refractivity contribution in [3.8, 4) is 0 Å². The van der Waals surface area contributed by atoms with Gasteiger partial charge in [-0.15, -0.1) is 0 Å². The molecular formula is C25H26FN3O. The Hall–Kier alpha value is -3.18. The second-order valence-electron chi connectivity index (χ2n) is 7.90. The first-order valence-corrected chi connectivity index (χ1v) is 10.1. The van der Waals surface area contributed by atoms with Crippen LogP contribution in [0.4, 0.5) is 4.39 Å². The summed E-state index contributed by atoms with van der Waals surface area (Å²) in [5.74, 6) is -0.383. The summed E-state index contributed by atoms with van der Waals surface area (Å²) in [6.07, 6.45) is 0.519. The van der Waals surface area contributed by atoms with E-state index in [1.54, 1.807) is 15.2 Å². The van der Waals surface area contributed by atoms with Crippen LogP contribution in [0.2, 0.25) is 0 Å². The maximum Gasteiger partial charge on any atom is 0.203 e. The number of aromatic nitrogens is 2. The zero-order chi connectivity index (χ0) is 21.3. The molecule has 0 aliphatic heterocycles. The largest absolute Gasteiger partial charge is 0.394 e. The second-order valence-corrected chi connectivity index (χ2v) is 7.90. The predicted octanol–water partition coefficient (Wildman–Crippen LogP) is 4.50. The first-order chi connectivity index (χ1) is 14.5. The van der Waals surface area contributed by atoms with Gasteiger partial charge < -0.3 is 14.2 Å². The Morgan fingerprint density at radius 1 is 0.900 bits per heavy atom. The zero-order valence-corrected chi connectivity index (χ0v) is 17.3. The minimum atomic E-state index is -0.432. The number of hydrogen-bond acceptors (Lipinski definition) is 2. The van der Waals surface area contributed by atoms with Gasteiger partial charge in [0.2, 0.25) is 5.62 Å². The molecule has 0 bridgehead atoms. The van der Waals surface area contributed by atoms with Crippen molar-refractivity contribution >= 4 is 11.0 Å². The number of halogens is 1. The number of rotatable bonds is 6. The Morgan fingerprint density at radius 2 is 1.50 bits per heavy atom. The Labute approximate surface area is 175 Å². The molecule has 0 fully saturated rings. The van der Waals surface area contributed by atoms with Crippen LogP contribution < -0.4 is 5.62 Å². The van der Waals surface area contributed by atoms with Crippen molar-refractivity contribution < 1.29 is 9.50 Å². The second kappa shape index (κ2) is 8.28. The first kappa shape index (κ1) is 20.1. The van der Waals surface area contributed by atoms with Gasteiger partial charge in [0.25, 0.3) is 0 Å². The molecule has 4 aromatic rings. The third-order valence-electron chi connectivity index (χ3n) is 5.61. The molecule has 0 radical (unpaired) electrons. The van der Waals surface area contributed by atoms with E-state index in [0.29, 0.717) is 24.0 Å². The SMILES string of the molecule is Cc1ccc(CC(CO)n2c(=N)n(Cc3ccc(C)cc3)c3cccc(F)c32)cc1. The summed E-state index contributed by atoms with van der Waals surface area (Å²) in [5.41, 5.74) is 5.62. The number of benzene rings is 3. The molecule has 0 aliphatic rings. The van der Waals surface area contributed by atoms with Gasteiger partial charge in [-0.3, -0.25) is 5.41 Å². The Morgan fingerprint density at radius 3 is 2.10 bits per heavy atom. The topological polar surface area (TPSA) is 53.9 Å². The average Bonchev–Trinajstić information content (AvgIpc) is 3.02. The zero-order valence-electron chi connectivity index (χ0n) is 17.3. The fourth-order valence-corrected chi connectivity index (χ4v) is 3.94. The molecule has 1 unspecified atom stereocenters. The van der Waals surface area contributed by atoms with Crippen molar-refractivity contribution in [2.45, 2.75) is 32.9 Å². The van der Waals surface area contributed by atoms with E-state index < -0.39 is 6.04 Å². The van der Waals surface area contributed by atoms with Crippen molar-refractivity contribution in [3.63, 3.8) is 0 Å². The summed E-state index contributed by atoms with van der Waals surface area (Å²) in [6.45, 7) is 4.35. The maximum atomic E-state index is 14.9. The number of aliphatic hydroxyl groups excluding tert-OH is 1. The van der Waals surface area contributed by atoms with Crippen LogP contribution >= 0.6 is 0 Å². The minimum Gasteiger partial charge on any atom is -0.394 e. The fraction of sp³-hybridized carbons (Fsp3) is 0.240. The number of para-hydroxylation sites is 1. The van der Waals surface area contributed by atoms with Crippen molar-refractivity contribution in [3.05, 3.63) is 100 Å². The van der Waals surface area contributed by atoms with Gasteiger partial charge in [-0.1, -0.05) is 65.7 Å². The lowest BCUT2D eigenvalue weighted by Gasteiger charge is -2.18. The summed E-state index contributed by atoms with van der Waals surface area (Å²) in [6, 6.07) is 20.7. The van der Waals surface area contributed by atoms with Gasteiger partial charge in [0.15, 0.2) is 0 Å². The molecule has 3 aromatic carbocycles. The van der Waals surface area contributed by atoms with Crippen molar-refractivity contribution in [2.24, 2.45) is 0 Å². The first-order valence-electron chi connectivity index (χ1n) is 10.1. The monoisotopic (exact) mass is 403 g/mol. The van der Waals surface area contributed by atoms with Crippen molar-refractivity contribution in [2.75, 3.05) is 6.61 Å². The predicted molar refractivity (Wildman–Crippen MR) is 117 cm³/mol. The molecular weight excluding hydrogens is 377 g/mol. The van der Waals surface area contributed by atoms with Gasteiger partial charge in [0.05, 0.1) is 24.7 Å². The molecule has 4 nitrogen and oxygen atoms in total. The maximum absolute atomic E-state index is 14.9. The van der Waals surface area contributed by atoms with E-state index in [1.165, 1.54) is 11.6 Å². The quantitative estimate of drug-likeness (QED) is 0.489. The molecule has 154 valence electrons. The number of fused-ring (bicyclic) bond motifs is 1. The van der Waals surface area contributed by atoms with Crippen molar-refractivity contribution in [1.82, 2.24) is 9.13 Å². The average molecular weight is 404 g/mol. The van der Waals surface area contributed by atoms with Crippen LogP contribution in [0.25, 0.3) is 11.0 Å². The van der Waals surface area contributed by atoms with Crippen LogP contribution in [-0.2, 0) is 13.0 Å². The summed E-state index contributed by atoms with van der Waals surface area (Å²) in [4.78, 5) is 0.